The fourth-order valence-electron chi connectivity index (χ4n) is 5.51. The molecule has 2 aromatic carbocycles. The first-order valence-corrected chi connectivity index (χ1v) is 15.2. The maximum atomic E-state index is 11.9. The maximum absolute atomic E-state index is 11.9. The Labute approximate surface area is 243 Å². The Morgan fingerprint density at radius 3 is 2.82 bits per heavy atom. The molecule has 7 heteroatoms. The van der Waals surface area contributed by atoms with Gasteiger partial charge < -0.3 is 14.4 Å². The van der Waals surface area contributed by atoms with Crippen molar-refractivity contribution >= 4 is 35.1 Å². The zero-order valence-electron chi connectivity index (χ0n) is 23.1. The lowest BCUT2D eigenvalue weighted by Gasteiger charge is -2.39. The summed E-state index contributed by atoms with van der Waals surface area (Å²) in [6, 6.07) is 12.4. The van der Waals surface area contributed by atoms with Gasteiger partial charge >= 0.3 is 0 Å². The Morgan fingerprint density at radius 2 is 2.08 bits per heavy atom. The Kier molecular flexibility index (Phi) is 10.8. The molecule has 1 amide bonds. The number of amides is 1. The second-order valence-electron chi connectivity index (χ2n) is 10.8. The lowest BCUT2D eigenvalue weighted by atomic mass is 9.70. The Bertz CT molecular complexity index is 1150. The quantitative estimate of drug-likeness (QED) is 0.192. The van der Waals surface area contributed by atoms with Crippen LogP contribution in [0.15, 0.2) is 66.6 Å². The third kappa shape index (κ3) is 7.84. The number of halogens is 1. The van der Waals surface area contributed by atoms with Crippen molar-refractivity contribution in [2.24, 2.45) is 5.92 Å². The van der Waals surface area contributed by atoms with E-state index in [1.165, 1.54) is 42.3 Å². The first-order valence-electron chi connectivity index (χ1n) is 14.0. The molecule has 5 nitrogen and oxygen atoms in total. The molecule has 1 spiro atoms. The highest BCUT2D eigenvalue weighted by Crippen LogP contribution is 2.44. The maximum Gasteiger partial charge on any atom is 0.230 e. The van der Waals surface area contributed by atoms with Crippen molar-refractivity contribution < 1.29 is 14.3 Å². The molecule has 1 heterocycles. The van der Waals surface area contributed by atoms with Crippen LogP contribution in [0.3, 0.4) is 0 Å². The molecule has 39 heavy (non-hydrogen) atoms. The molecule has 1 saturated carbocycles. The first kappa shape index (κ1) is 29.6. The van der Waals surface area contributed by atoms with Crippen LogP contribution in [0, 0.1) is 5.92 Å². The monoisotopic (exact) mass is 568 g/mol. The molecular formula is C32H41ClN2O3S. The number of nitrogens with zero attached hydrogens (tertiary/aromatic N) is 1. The van der Waals surface area contributed by atoms with Gasteiger partial charge in [-0.3, -0.25) is 9.52 Å². The number of likely N-dealkylation sites (N-methyl/N-ethyl adjacent to an activating group) is 1. The summed E-state index contributed by atoms with van der Waals surface area (Å²) in [6.07, 6.45) is 12.2. The van der Waals surface area contributed by atoms with Gasteiger partial charge in [0, 0.05) is 42.0 Å². The van der Waals surface area contributed by atoms with Crippen LogP contribution < -0.4 is 14.4 Å². The van der Waals surface area contributed by atoms with Gasteiger partial charge in [0.05, 0.1) is 18.9 Å². The second-order valence-corrected chi connectivity index (χ2v) is 12.1. The lowest BCUT2D eigenvalue weighted by molar-refractivity contribution is -0.119. The van der Waals surface area contributed by atoms with E-state index in [1.54, 1.807) is 12.2 Å². The number of anilines is 1. The molecule has 1 aliphatic heterocycles. The van der Waals surface area contributed by atoms with Gasteiger partial charge in [-0.25, -0.2) is 0 Å². The van der Waals surface area contributed by atoms with Crippen LogP contribution in [-0.2, 0) is 21.4 Å². The van der Waals surface area contributed by atoms with Crippen LogP contribution in [0.5, 0.6) is 5.75 Å². The molecule has 2 aliphatic carbocycles. The summed E-state index contributed by atoms with van der Waals surface area (Å²) in [4.78, 5) is 15.2. The number of rotatable bonds is 9. The van der Waals surface area contributed by atoms with E-state index in [0.717, 1.165) is 66.3 Å². The Balaban J connectivity index is 0.000000333. The highest BCUT2D eigenvalue weighted by atomic mass is 35.5. The van der Waals surface area contributed by atoms with Gasteiger partial charge in [-0.05, 0) is 97.8 Å². The van der Waals surface area contributed by atoms with Crippen LogP contribution in [0.4, 0.5) is 5.69 Å². The summed E-state index contributed by atoms with van der Waals surface area (Å²) in [5, 5.41) is 0.800. The van der Waals surface area contributed by atoms with E-state index < -0.39 is 0 Å². The Morgan fingerprint density at radius 1 is 1.23 bits per heavy atom. The molecule has 0 saturated heterocycles. The van der Waals surface area contributed by atoms with Crippen LogP contribution in [0.25, 0.3) is 0 Å². The van der Waals surface area contributed by atoms with Gasteiger partial charge in [0.2, 0.25) is 5.91 Å². The molecule has 0 unspecified atom stereocenters. The van der Waals surface area contributed by atoms with E-state index in [-0.39, 0.29) is 11.3 Å². The van der Waals surface area contributed by atoms with E-state index in [9.17, 15) is 4.79 Å². The van der Waals surface area contributed by atoms with E-state index in [2.05, 4.69) is 48.0 Å². The number of allylic oxidation sites excluding steroid dienone is 1. The van der Waals surface area contributed by atoms with Gasteiger partial charge in [-0.15, -0.1) is 13.2 Å². The standard InChI is InChI=1S/C24H27ClN2O2S.C8H14O/c1-3-4-7-23(28)26-30-19-9-11-22-21(14-19)27(2)15-24(16-29-22)12-5-6-17-13-18(25)8-10-20(17)24;1-2-6-9-7-8-4-3-5-8/h3,8-11,13-14H,1,4-7,12,15-16H2,2H3,(H,26,28);2,8H,1,3-7H2/t24-;/m0./s1. The molecule has 210 valence electrons. The van der Waals surface area contributed by atoms with Crippen molar-refractivity contribution in [3.05, 3.63) is 77.9 Å². The van der Waals surface area contributed by atoms with E-state index in [0.29, 0.717) is 19.4 Å². The molecule has 2 aromatic rings. The predicted octanol–water partition coefficient (Wildman–Crippen LogP) is 7.52. The van der Waals surface area contributed by atoms with E-state index in [1.807, 2.05) is 18.2 Å². The van der Waals surface area contributed by atoms with Gasteiger partial charge in [0.1, 0.15) is 5.75 Å². The summed E-state index contributed by atoms with van der Waals surface area (Å²) in [6.45, 7) is 10.4. The van der Waals surface area contributed by atoms with E-state index in [4.69, 9.17) is 21.1 Å². The summed E-state index contributed by atoms with van der Waals surface area (Å²) < 4.78 is 14.5. The molecule has 0 bridgehead atoms. The van der Waals surface area contributed by atoms with Gasteiger partial charge in [0.25, 0.3) is 0 Å². The van der Waals surface area contributed by atoms with Gasteiger partial charge in [-0.2, -0.15) is 0 Å². The number of hydrogen-bond donors (Lipinski definition) is 1. The fourth-order valence-corrected chi connectivity index (χ4v) is 6.35. The summed E-state index contributed by atoms with van der Waals surface area (Å²) in [5.74, 6) is 1.76. The molecular weight excluding hydrogens is 528 g/mol. The van der Waals surface area contributed by atoms with Crippen molar-refractivity contribution in [1.29, 1.82) is 0 Å². The number of aryl methyl sites for hydroxylation is 1. The van der Waals surface area contributed by atoms with Crippen molar-refractivity contribution in [1.82, 2.24) is 4.72 Å². The van der Waals surface area contributed by atoms with Crippen molar-refractivity contribution in [2.45, 2.75) is 61.7 Å². The highest BCUT2D eigenvalue weighted by molar-refractivity contribution is 7.98. The number of hydrogen-bond acceptors (Lipinski definition) is 5. The van der Waals surface area contributed by atoms with Gasteiger partial charge in [0.15, 0.2) is 0 Å². The summed E-state index contributed by atoms with van der Waals surface area (Å²) >= 11 is 7.60. The smallest absolute Gasteiger partial charge is 0.230 e. The zero-order chi connectivity index (χ0) is 27.7. The van der Waals surface area contributed by atoms with E-state index >= 15 is 0 Å². The fraction of sp³-hybridized carbons (Fsp3) is 0.469. The number of carbonyl (C=O) groups excluding carboxylic acids is 1. The van der Waals surface area contributed by atoms with Crippen LogP contribution in [-0.4, -0.2) is 39.3 Å². The van der Waals surface area contributed by atoms with Crippen molar-refractivity contribution in [3.8, 4) is 5.75 Å². The second kappa shape index (κ2) is 14.3. The van der Waals surface area contributed by atoms with Crippen LogP contribution >= 0.6 is 23.5 Å². The predicted molar refractivity (Wildman–Crippen MR) is 163 cm³/mol. The topological polar surface area (TPSA) is 50.8 Å². The average Bonchev–Trinajstić information content (AvgIpc) is 3.04. The molecule has 1 fully saturated rings. The molecule has 1 atom stereocenters. The normalized spacial score (nSPS) is 19.8. The molecule has 0 aromatic heterocycles. The number of benzene rings is 2. The molecule has 0 radical (unpaired) electrons. The number of carbonyl (C=O) groups is 1. The van der Waals surface area contributed by atoms with Crippen LogP contribution in [0.1, 0.15) is 56.1 Å². The summed E-state index contributed by atoms with van der Waals surface area (Å²) in [7, 11) is 2.12. The Hall–Kier alpha value is -2.41. The molecule has 3 aliphatic rings. The first-order chi connectivity index (χ1) is 18.9. The van der Waals surface area contributed by atoms with Crippen molar-refractivity contribution in [2.75, 3.05) is 38.3 Å². The van der Waals surface area contributed by atoms with Gasteiger partial charge in [-0.1, -0.05) is 36.2 Å². The number of ether oxygens (including phenoxy) is 2. The minimum Gasteiger partial charge on any atom is -0.490 e. The minimum atomic E-state index is -0.0435. The third-order valence-corrected chi connectivity index (χ3v) is 8.85. The highest BCUT2D eigenvalue weighted by Gasteiger charge is 2.40. The molecule has 5 rings (SSSR count). The molecule has 1 N–H and O–H groups in total. The number of fused-ring (bicyclic) bond motifs is 3. The van der Waals surface area contributed by atoms with Crippen LogP contribution in [0.2, 0.25) is 5.02 Å². The summed E-state index contributed by atoms with van der Waals surface area (Å²) in [5.41, 5.74) is 3.72. The largest absolute Gasteiger partial charge is 0.490 e. The number of nitrogens with one attached hydrogen (secondary N) is 1. The van der Waals surface area contributed by atoms with Crippen molar-refractivity contribution in [3.63, 3.8) is 0 Å². The third-order valence-electron chi connectivity index (χ3n) is 7.80. The SMILES string of the molecule is C=CCCC(=O)NSc1ccc2c(c1)N(C)C[C@@]1(CCCc3cc(Cl)ccc31)CO2.C=CCOCC1CCC1. The average molecular weight is 569 g/mol. The lowest BCUT2D eigenvalue weighted by Crippen LogP contribution is -2.44. The zero-order valence-corrected chi connectivity index (χ0v) is 24.6. The minimum absolute atomic E-state index is 0.0101.